The van der Waals surface area contributed by atoms with E-state index in [0.717, 1.165) is 57.0 Å². The van der Waals surface area contributed by atoms with Crippen LogP contribution in [0.15, 0.2) is 23.3 Å². The number of nitrogens with one attached hydrogen (secondary N) is 1. The van der Waals surface area contributed by atoms with Crippen LogP contribution in [0.4, 0.5) is 0 Å². The van der Waals surface area contributed by atoms with Crippen LogP contribution in [0.2, 0.25) is 5.15 Å². The van der Waals surface area contributed by atoms with E-state index < -0.39 is 0 Å². The van der Waals surface area contributed by atoms with E-state index in [0.29, 0.717) is 11.8 Å². The maximum absolute atomic E-state index is 5.90. The third-order valence-electron chi connectivity index (χ3n) is 4.47. The van der Waals surface area contributed by atoms with Crippen molar-refractivity contribution in [3.8, 4) is 0 Å². The molecule has 25 heavy (non-hydrogen) atoms. The van der Waals surface area contributed by atoms with Gasteiger partial charge in [-0.2, -0.15) is 0 Å². The number of nitrogens with zero attached hydrogens (tertiary/aromatic N) is 3. The van der Waals surface area contributed by atoms with Gasteiger partial charge in [-0.1, -0.05) is 17.7 Å². The Bertz CT molecular complexity index is 552. The number of morpholine rings is 1. The molecule has 3 heterocycles. The first-order valence-corrected chi connectivity index (χ1v) is 8.93. The Morgan fingerprint density at radius 2 is 2.20 bits per heavy atom. The van der Waals surface area contributed by atoms with Crippen LogP contribution in [0.1, 0.15) is 18.4 Å². The van der Waals surface area contributed by atoms with Crippen LogP contribution in [0, 0.1) is 0 Å². The molecule has 0 aliphatic carbocycles. The number of guanidine groups is 1. The Kier molecular flexibility index (Phi) is 8.68. The summed E-state index contributed by atoms with van der Waals surface area (Å²) in [6.07, 6.45) is 5.28. The molecule has 2 saturated heterocycles. The molecular formula is C17H26ClIN4O2. The maximum Gasteiger partial charge on any atom is 0.193 e. The molecule has 2 unspecified atom stereocenters. The molecule has 0 spiro atoms. The van der Waals surface area contributed by atoms with Gasteiger partial charge in [0.1, 0.15) is 11.3 Å². The second-order valence-electron chi connectivity index (χ2n) is 6.12. The first kappa shape index (κ1) is 20.7. The average molecular weight is 481 g/mol. The second-order valence-corrected chi connectivity index (χ2v) is 6.51. The van der Waals surface area contributed by atoms with Gasteiger partial charge in [0.25, 0.3) is 0 Å². The Morgan fingerprint density at radius 1 is 1.36 bits per heavy atom. The molecule has 2 fully saturated rings. The summed E-state index contributed by atoms with van der Waals surface area (Å²) in [4.78, 5) is 10.8. The van der Waals surface area contributed by atoms with E-state index >= 15 is 0 Å². The van der Waals surface area contributed by atoms with E-state index in [-0.39, 0.29) is 36.2 Å². The number of hydrogen-bond acceptors (Lipinski definition) is 4. The van der Waals surface area contributed by atoms with E-state index in [1.807, 2.05) is 25.4 Å². The van der Waals surface area contributed by atoms with E-state index in [9.17, 15) is 0 Å². The standard InChI is InChI=1S/C17H25ClN4O2.HI/c1-19-17(20-7-6-13-4-5-16(18)21-11-13)22-8-10-24-15(12-22)14-3-2-9-23-14;/h4-5,11,14-15H,2-3,6-10,12H2,1H3,(H,19,20);1H. The van der Waals surface area contributed by atoms with Gasteiger partial charge in [0, 0.05) is 39.5 Å². The summed E-state index contributed by atoms with van der Waals surface area (Å²) in [5.74, 6) is 0.920. The fourth-order valence-electron chi connectivity index (χ4n) is 3.19. The van der Waals surface area contributed by atoms with Crippen molar-refractivity contribution in [2.75, 3.05) is 39.9 Å². The molecule has 0 bridgehead atoms. The SMILES string of the molecule is CN=C(NCCc1ccc(Cl)nc1)N1CCOC(C2CCCO2)C1.I. The molecule has 0 radical (unpaired) electrons. The number of aromatic nitrogens is 1. The Hall–Kier alpha value is -0.640. The third-order valence-corrected chi connectivity index (χ3v) is 4.69. The minimum atomic E-state index is 0. The van der Waals surface area contributed by atoms with Crippen LogP contribution in [-0.2, 0) is 15.9 Å². The zero-order valence-electron chi connectivity index (χ0n) is 14.5. The van der Waals surface area contributed by atoms with Crippen molar-refractivity contribution in [3.05, 3.63) is 29.0 Å². The van der Waals surface area contributed by atoms with Crippen LogP contribution >= 0.6 is 35.6 Å². The lowest BCUT2D eigenvalue weighted by molar-refractivity contribution is -0.0816. The largest absolute Gasteiger partial charge is 0.375 e. The lowest BCUT2D eigenvalue weighted by Crippen LogP contribution is -2.53. The molecule has 2 aliphatic rings. The van der Waals surface area contributed by atoms with Gasteiger partial charge in [0.05, 0.1) is 12.7 Å². The van der Waals surface area contributed by atoms with E-state index in [4.69, 9.17) is 21.1 Å². The summed E-state index contributed by atoms with van der Waals surface area (Å²) >= 11 is 5.81. The van der Waals surface area contributed by atoms with Gasteiger partial charge in [-0.25, -0.2) is 4.98 Å². The molecule has 3 rings (SSSR count). The van der Waals surface area contributed by atoms with Crippen molar-refractivity contribution in [3.63, 3.8) is 0 Å². The fraction of sp³-hybridized carbons (Fsp3) is 0.647. The zero-order chi connectivity index (χ0) is 16.8. The fourth-order valence-corrected chi connectivity index (χ4v) is 3.31. The monoisotopic (exact) mass is 480 g/mol. The van der Waals surface area contributed by atoms with Gasteiger partial charge >= 0.3 is 0 Å². The minimum Gasteiger partial charge on any atom is -0.375 e. The molecule has 0 saturated carbocycles. The Labute approximate surface area is 171 Å². The number of halogens is 2. The molecule has 1 aromatic rings. The lowest BCUT2D eigenvalue weighted by atomic mass is 10.1. The van der Waals surface area contributed by atoms with Gasteiger partial charge in [-0.3, -0.25) is 4.99 Å². The predicted molar refractivity (Wildman–Crippen MR) is 110 cm³/mol. The quantitative estimate of drug-likeness (QED) is 0.310. The van der Waals surface area contributed by atoms with Crippen molar-refractivity contribution >= 4 is 41.5 Å². The topological polar surface area (TPSA) is 59.0 Å². The second kappa shape index (κ2) is 10.5. The highest BCUT2D eigenvalue weighted by atomic mass is 127. The van der Waals surface area contributed by atoms with Crippen LogP contribution in [0.3, 0.4) is 0 Å². The predicted octanol–water partition coefficient (Wildman–Crippen LogP) is 2.35. The summed E-state index contributed by atoms with van der Waals surface area (Å²) < 4.78 is 11.7. The van der Waals surface area contributed by atoms with E-state index in [1.165, 1.54) is 0 Å². The number of rotatable bonds is 4. The first-order chi connectivity index (χ1) is 11.8. The number of aliphatic imine (C=N–C) groups is 1. The molecule has 0 amide bonds. The van der Waals surface area contributed by atoms with Gasteiger partial charge in [-0.05, 0) is 30.9 Å². The normalized spacial score (nSPS) is 24.1. The van der Waals surface area contributed by atoms with E-state index in [2.05, 4.69) is 20.2 Å². The first-order valence-electron chi connectivity index (χ1n) is 8.55. The number of hydrogen-bond donors (Lipinski definition) is 1. The molecule has 1 N–H and O–H groups in total. The van der Waals surface area contributed by atoms with Crippen molar-refractivity contribution < 1.29 is 9.47 Å². The lowest BCUT2D eigenvalue weighted by Gasteiger charge is -2.37. The molecule has 2 aliphatic heterocycles. The maximum atomic E-state index is 5.90. The zero-order valence-corrected chi connectivity index (χ0v) is 17.6. The van der Waals surface area contributed by atoms with Crippen LogP contribution in [-0.4, -0.2) is 67.9 Å². The van der Waals surface area contributed by atoms with Crippen molar-refractivity contribution in [2.45, 2.75) is 31.5 Å². The van der Waals surface area contributed by atoms with Gasteiger partial charge in [0.15, 0.2) is 5.96 Å². The molecule has 1 aromatic heterocycles. The Balaban J connectivity index is 0.00000225. The van der Waals surface area contributed by atoms with Crippen molar-refractivity contribution in [2.24, 2.45) is 4.99 Å². The molecular weight excluding hydrogens is 455 g/mol. The molecule has 2 atom stereocenters. The summed E-state index contributed by atoms with van der Waals surface area (Å²) in [6, 6.07) is 3.82. The van der Waals surface area contributed by atoms with Gasteiger partial charge in [-0.15, -0.1) is 24.0 Å². The summed E-state index contributed by atoms with van der Waals surface area (Å²) in [6.45, 7) is 4.05. The van der Waals surface area contributed by atoms with Crippen LogP contribution < -0.4 is 5.32 Å². The third kappa shape index (κ3) is 5.94. The molecule has 8 heteroatoms. The number of pyridine rings is 1. The molecule has 0 aromatic carbocycles. The minimum absolute atomic E-state index is 0. The highest BCUT2D eigenvalue weighted by molar-refractivity contribution is 14.0. The molecule has 6 nitrogen and oxygen atoms in total. The summed E-state index contributed by atoms with van der Waals surface area (Å²) in [5, 5.41) is 3.96. The van der Waals surface area contributed by atoms with Gasteiger partial charge in [0.2, 0.25) is 0 Å². The van der Waals surface area contributed by atoms with Crippen molar-refractivity contribution in [1.82, 2.24) is 15.2 Å². The van der Waals surface area contributed by atoms with Crippen LogP contribution in [0.5, 0.6) is 0 Å². The smallest absolute Gasteiger partial charge is 0.193 e. The average Bonchev–Trinajstić information content (AvgIpc) is 3.15. The van der Waals surface area contributed by atoms with Crippen LogP contribution in [0.25, 0.3) is 0 Å². The van der Waals surface area contributed by atoms with Gasteiger partial charge < -0.3 is 19.7 Å². The highest BCUT2D eigenvalue weighted by Crippen LogP contribution is 2.21. The summed E-state index contributed by atoms with van der Waals surface area (Å²) in [7, 11) is 1.82. The summed E-state index contributed by atoms with van der Waals surface area (Å²) in [5.41, 5.74) is 1.15. The molecule has 140 valence electrons. The Morgan fingerprint density at radius 3 is 2.88 bits per heavy atom. The number of ether oxygens (including phenoxy) is 2. The van der Waals surface area contributed by atoms with E-state index in [1.54, 1.807) is 0 Å². The highest BCUT2D eigenvalue weighted by Gasteiger charge is 2.32. The van der Waals surface area contributed by atoms with Crippen molar-refractivity contribution in [1.29, 1.82) is 0 Å².